The van der Waals surface area contributed by atoms with Gasteiger partial charge in [-0.1, -0.05) is 11.6 Å². The molecule has 5 nitrogen and oxygen atoms in total. The summed E-state index contributed by atoms with van der Waals surface area (Å²) in [6, 6.07) is 10.1. The number of nitrogens with zero attached hydrogens (tertiary/aromatic N) is 2. The number of halogens is 2. The molecule has 0 saturated heterocycles. The molecule has 7 heteroatoms. The zero-order valence-electron chi connectivity index (χ0n) is 14.6. The molecule has 0 radical (unpaired) electrons. The number of hydrogen-bond donors (Lipinski definition) is 1. The summed E-state index contributed by atoms with van der Waals surface area (Å²) in [6.45, 7) is 1.76. The van der Waals surface area contributed by atoms with Gasteiger partial charge in [0.05, 0.1) is 18.5 Å². The number of benzene rings is 2. The molecule has 1 heterocycles. The number of hydrogen-bond acceptors (Lipinski definition) is 4. The van der Waals surface area contributed by atoms with Crippen LogP contribution in [-0.2, 0) is 0 Å². The Balaban J connectivity index is 1.89. The number of phenols is 1. The summed E-state index contributed by atoms with van der Waals surface area (Å²) in [5, 5.41) is 14.3. The lowest BCUT2D eigenvalue weighted by molar-refractivity contribution is 0.104. The van der Waals surface area contributed by atoms with Crippen molar-refractivity contribution in [3.8, 4) is 17.2 Å². The smallest absolute Gasteiger partial charge is 0.185 e. The number of allylic oxidation sites excluding steroid dienone is 1. The van der Waals surface area contributed by atoms with Crippen molar-refractivity contribution in [1.29, 1.82) is 0 Å². The first kappa shape index (κ1) is 18.7. The Morgan fingerprint density at radius 3 is 2.63 bits per heavy atom. The monoisotopic (exact) mass is 386 g/mol. The number of carbonyl (C=O) groups excluding carboxylic acids is 1. The number of rotatable bonds is 5. The molecule has 0 aliphatic carbocycles. The molecular formula is C20H16ClFN2O3. The van der Waals surface area contributed by atoms with Crippen LogP contribution in [0.25, 0.3) is 11.8 Å². The second-order valence-corrected chi connectivity index (χ2v) is 6.12. The Bertz CT molecular complexity index is 1030. The summed E-state index contributed by atoms with van der Waals surface area (Å²) >= 11 is 6.39. The van der Waals surface area contributed by atoms with Gasteiger partial charge >= 0.3 is 0 Å². The van der Waals surface area contributed by atoms with Crippen LogP contribution in [-0.4, -0.2) is 27.8 Å². The highest BCUT2D eigenvalue weighted by molar-refractivity contribution is 6.31. The molecule has 0 amide bonds. The van der Waals surface area contributed by atoms with Gasteiger partial charge in [0.25, 0.3) is 0 Å². The van der Waals surface area contributed by atoms with Gasteiger partial charge in [-0.25, -0.2) is 9.07 Å². The van der Waals surface area contributed by atoms with E-state index in [4.69, 9.17) is 16.3 Å². The van der Waals surface area contributed by atoms with Crippen molar-refractivity contribution >= 4 is 23.5 Å². The molecule has 0 bridgehead atoms. The van der Waals surface area contributed by atoms with E-state index in [9.17, 15) is 14.3 Å². The highest BCUT2D eigenvalue weighted by Crippen LogP contribution is 2.28. The average Bonchev–Trinajstić information content (AvgIpc) is 2.94. The van der Waals surface area contributed by atoms with E-state index in [0.29, 0.717) is 27.7 Å². The summed E-state index contributed by atoms with van der Waals surface area (Å²) in [5.41, 5.74) is 2.18. The number of ketones is 1. The van der Waals surface area contributed by atoms with Gasteiger partial charge in [-0.05, 0) is 61.5 Å². The summed E-state index contributed by atoms with van der Waals surface area (Å²) < 4.78 is 19.6. The van der Waals surface area contributed by atoms with Gasteiger partial charge in [0.15, 0.2) is 17.3 Å². The number of ether oxygens (including phenoxy) is 1. The third kappa shape index (κ3) is 3.85. The van der Waals surface area contributed by atoms with Crippen LogP contribution in [0.15, 0.2) is 48.5 Å². The maximum Gasteiger partial charge on any atom is 0.185 e. The maximum absolute atomic E-state index is 13.1. The van der Waals surface area contributed by atoms with Crippen LogP contribution in [0.1, 0.15) is 21.6 Å². The van der Waals surface area contributed by atoms with Gasteiger partial charge in [0.2, 0.25) is 0 Å². The van der Waals surface area contributed by atoms with E-state index >= 15 is 0 Å². The third-order valence-electron chi connectivity index (χ3n) is 3.98. The highest BCUT2D eigenvalue weighted by Gasteiger charge is 2.14. The van der Waals surface area contributed by atoms with Crippen molar-refractivity contribution in [2.75, 3.05) is 7.11 Å². The third-order valence-corrected chi connectivity index (χ3v) is 4.35. The van der Waals surface area contributed by atoms with Crippen LogP contribution < -0.4 is 4.74 Å². The van der Waals surface area contributed by atoms with Crippen LogP contribution in [0.3, 0.4) is 0 Å². The second-order valence-electron chi connectivity index (χ2n) is 5.76. The van der Waals surface area contributed by atoms with E-state index in [2.05, 4.69) is 5.10 Å². The van der Waals surface area contributed by atoms with Crippen LogP contribution in [0, 0.1) is 12.7 Å². The van der Waals surface area contributed by atoms with Crippen molar-refractivity contribution in [1.82, 2.24) is 9.78 Å². The van der Waals surface area contributed by atoms with Crippen molar-refractivity contribution < 1.29 is 19.0 Å². The standard InChI is InChI=1S/C20H16ClFN2O3/c1-12-16(20(21)24(23-12)15-6-4-14(22)5-7-15)8-10-17(25)13-3-9-18(26)19(11-13)27-2/h3-11,26H,1-2H3/b10-8-. The molecule has 138 valence electrons. The normalized spacial score (nSPS) is 11.1. The number of phenolic OH excluding ortho intramolecular Hbond substituents is 1. The Morgan fingerprint density at radius 1 is 1.26 bits per heavy atom. The molecule has 0 spiro atoms. The molecule has 0 aliphatic rings. The number of aromatic hydroxyl groups is 1. The fourth-order valence-electron chi connectivity index (χ4n) is 2.54. The van der Waals surface area contributed by atoms with Gasteiger partial charge in [0.1, 0.15) is 11.0 Å². The van der Waals surface area contributed by atoms with Gasteiger partial charge in [-0.2, -0.15) is 5.10 Å². The van der Waals surface area contributed by atoms with Crippen molar-refractivity contribution in [2.45, 2.75) is 6.92 Å². The minimum atomic E-state index is -0.353. The Morgan fingerprint density at radius 2 is 1.96 bits per heavy atom. The van der Waals surface area contributed by atoms with Crippen molar-refractivity contribution in [2.24, 2.45) is 0 Å². The molecule has 2 aromatic carbocycles. The van der Waals surface area contributed by atoms with Gasteiger partial charge in [-0.3, -0.25) is 4.79 Å². The fourth-order valence-corrected chi connectivity index (χ4v) is 2.88. The molecular weight excluding hydrogens is 371 g/mol. The fraction of sp³-hybridized carbons (Fsp3) is 0.100. The van der Waals surface area contributed by atoms with E-state index in [1.807, 2.05) is 0 Å². The lowest BCUT2D eigenvalue weighted by atomic mass is 10.1. The Kier molecular flexibility index (Phi) is 5.28. The number of aromatic nitrogens is 2. The van der Waals surface area contributed by atoms with Gasteiger partial charge in [-0.15, -0.1) is 0 Å². The molecule has 27 heavy (non-hydrogen) atoms. The SMILES string of the molecule is COc1cc(C(=O)/C=C\c2c(C)nn(-c3ccc(F)cc3)c2Cl)ccc1O. The van der Waals surface area contributed by atoms with E-state index < -0.39 is 0 Å². The quantitative estimate of drug-likeness (QED) is 0.514. The average molecular weight is 387 g/mol. The molecule has 0 saturated carbocycles. The number of aryl methyl sites for hydroxylation is 1. The molecule has 0 fully saturated rings. The highest BCUT2D eigenvalue weighted by atomic mass is 35.5. The topological polar surface area (TPSA) is 64.3 Å². The predicted octanol–water partition coefficient (Wildman–Crippen LogP) is 4.58. The summed E-state index contributed by atoms with van der Waals surface area (Å²) in [5.74, 6) is -0.461. The first-order valence-corrected chi connectivity index (χ1v) is 8.39. The minimum absolute atomic E-state index is 0.0440. The van der Waals surface area contributed by atoms with Crippen LogP contribution in [0.4, 0.5) is 4.39 Å². The lowest BCUT2D eigenvalue weighted by Gasteiger charge is -2.04. The molecule has 0 unspecified atom stereocenters. The van der Waals surface area contributed by atoms with Crippen LogP contribution >= 0.6 is 11.6 Å². The molecule has 1 N–H and O–H groups in total. The minimum Gasteiger partial charge on any atom is -0.504 e. The zero-order chi connectivity index (χ0) is 19.6. The molecule has 3 aromatic rings. The summed E-state index contributed by atoms with van der Waals surface area (Å²) in [6.07, 6.45) is 2.95. The lowest BCUT2D eigenvalue weighted by Crippen LogP contribution is -1.96. The van der Waals surface area contributed by atoms with E-state index in [1.54, 1.807) is 25.1 Å². The maximum atomic E-state index is 13.1. The molecule has 3 rings (SSSR count). The largest absolute Gasteiger partial charge is 0.504 e. The van der Waals surface area contributed by atoms with Crippen molar-refractivity contribution in [3.05, 3.63) is 76.3 Å². The Labute approximate surface area is 160 Å². The predicted molar refractivity (Wildman–Crippen MR) is 101 cm³/mol. The molecule has 0 atom stereocenters. The van der Waals surface area contributed by atoms with E-state index in [1.165, 1.54) is 48.2 Å². The van der Waals surface area contributed by atoms with Crippen LogP contribution in [0.5, 0.6) is 11.5 Å². The molecule has 0 aliphatic heterocycles. The number of methoxy groups -OCH3 is 1. The Hall–Kier alpha value is -3.12. The number of carbonyl (C=O) groups is 1. The van der Waals surface area contributed by atoms with Crippen molar-refractivity contribution in [3.63, 3.8) is 0 Å². The van der Waals surface area contributed by atoms with Gasteiger partial charge < -0.3 is 9.84 Å². The molecule has 1 aromatic heterocycles. The first-order valence-electron chi connectivity index (χ1n) is 8.01. The summed E-state index contributed by atoms with van der Waals surface area (Å²) in [7, 11) is 1.41. The zero-order valence-corrected chi connectivity index (χ0v) is 15.4. The van der Waals surface area contributed by atoms with Crippen LogP contribution in [0.2, 0.25) is 5.15 Å². The first-order chi connectivity index (χ1) is 12.9. The van der Waals surface area contributed by atoms with E-state index in [0.717, 1.165) is 0 Å². The van der Waals surface area contributed by atoms with E-state index in [-0.39, 0.29) is 23.1 Å². The summed E-state index contributed by atoms with van der Waals surface area (Å²) in [4.78, 5) is 12.4. The second kappa shape index (κ2) is 7.63. The van der Waals surface area contributed by atoms with Gasteiger partial charge in [0, 0.05) is 11.1 Å².